The zero-order valence-corrected chi connectivity index (χ0v) is 7.19. The molecule has 0 aliphatic rings. The van der Waals surface area contributed by atoms with Crippen LogP contribution in [0.4, 0.5) is 0 Å². The van der Waals surface area contributed by atoms with Crippen LogP contribution >= 0.6 is 0 Å². The zero-order chi connectivity index (χ0) is 7.82. The Labute approximate surface area is 65.0 Å². The van der Waals surface area contributed by atoms with E-state index in [4.69, 9.17) is 6.42 Å². The summed E-state index contributed by atoms with van der Waals surface area (Å²) < 4.78 is 0. The predicted molar refractivity (Wildman–Crippen MR) is 46.8 cm³/mol. The summed E-state index contributed by atoms with van der Waals surface area (Å²) in [6.45, 7) is 4.44. The molecule has 0 radical (unpaired) electrons. The van der Waals surface area contributed by atoms with E-state index in [1.54, 1.807) is 0 Å². The molecule has 0 aromatic rings. The molecule has 0 unspecified atom stereocenters. The Kier molecular flexibility index (Phi) is 6.38. The first-order valence-electron chi connectivity index (χ1n) is 4.28. The molecule has 0 saturated carbocycles. The number of terminal acetylenes is 1. The van der Waals surface area contributed by atoms with Crippen LogP contribution in [0.3, 0.4) is 0 Å². The Morgan fingerprint density at radius 2 is 1.70 bits per heavy atom. The average molecular weight is 138 g/mol. The van der Waals surface area contributed by atoms with Crippen molar-refractivity contribution in [2.24, 2.45) is 5.92 Å². The molecule has 0 atom stereocenters. The quantitative estimate of drug-likeness (QED) is 0.512. The van der Waals surface area contributed by atoms with Gasteiger partial charge < -0.3 is 0 Å². The summed E-state index contributed by atoms with van der Waals surface area (Å²) in [6.07, 6.45) is 11.4. The molecular weight excluding hydrogens is 120 g/mol. The lowest BCUT2D eigenvalue weighted by atomic mass is 9.95. The van der Waals surface area contributed by atoms with Crippen molar-refractivity contribution in [3.63, 3.8) is 0 Å². The molecule has 0 bridgehead atoms. The summed E-state index contributed by atoms with van der Waals surface area (Å²) in [5.74, 6) is 3.53. The molecule has 0 nitrogen and oxygen atoms in total. The molecule has 0 amide bonds. The number of hydrogen-bond acceptors (Lipinski definition) is 0. The van der Waals surface area contributed by atoms with Crippen molar-refractivity contribution >= 4 is 0 Å². The van der Waals surface area contributed by atoms with E-state index in [9.17, 15) is 0 Å². The second-order valence-electron chi connectivity index (χ2n) is 2.85. The fourth-order valence-electron chi connectivity index (χ4n) is 1.33. The Hall–Kier alpha value is -0.440. The summed E-state index contributed by atoms with van der Waals surface area (Å²) in [7, 11) is 0. The maximum atomic E-state index is 5.24. The minimum absolute atomic E-state index is 0.792. The third-order valence-corrected chi connectivity index (χ3v) is 1.80. The van der Waals surface area contributed by atoms with Gasteiger partial charge in [-0.3, -0.25) is 0 Å². The minimum atomic E-state index is 0.792. The van der Waals surface area contributed by atoms with Crippen LogP contribution in [-0.2, 0) is 0 Å². The van der Waals surface area contributed by atoms with Gasteiger partial charge in [-0.15, -0.1) is 12.3 Å². The lowest BCUT2D eigenvalue weighted by molar-refractivity contribution is 0.451. The van der Waals surface area contributed by atoms with Gasteiger partial charge in [-0.2, -0.15) is 0 Å². The normalized spacial score (nSPS) is 9.80. The molecule has 0 fully saturated rings. The van der Waals surface area contributed by atoms with Gasteiger partial charge in [0.25, 0.3) is 0 Å². The third-order valence-electron chi connectivity index (χ3n) is 1.80. The van der Waals surface area contributed by atoms with Crippen LogP contribution < -0.4 is 0 Å². The first kappa shape index (κ1) is 9.56. The Morgan fingerprint density at radius 3 is 2.00 bits per heavy atom. The monoisotopic (exact) mass is 138 g/mol. The highest BCUT2D eigenvalue weighted by Crippen LogP contribution is 2.16. The van der Waals surface area contributed by atoms with Crippen LogP contribution in [0.1, 0.15) is 46.0 Å². The van der Waals surface area contributed by atoms with Gasteiger partial charge in [0.05, 0.1) is 0 Å². The largest absolute Gasteiger partial charge is 0.120 e. The van der Waals surface area contributed by atoms with Gasteiger partial charge in [-0.05, 0) is 18.8 Å². The topological polar surface area (TPSA) is 0 Å². The molecule has 0 aliphatic heterocycles. The van der Waals surface area contributed by atoms with Crippen LogP contribution in [0.25, 0.3) is 0 Å². The molecule has 0 aliphatic carbocycles. The molecule has 0 rings (SSSR count). The van der Waals surface area contributed by atoms with Crippen molar-refractivity contribution in [3.05, 3.63) is 0 Å². The summed E-state index contributed by atoms with van der Waals surface area (Å²) in [5, 5.41) is 0. The molecule has 0 spiro atoms. The van der Waals surface area contributed by atoms with Crippen molar-refractivity contribution in [2.75, 3.05) is 0 Å². The Bertz CT molecular complexity index is 91.1. The number of rotatable bonds is 5. The van der Waals surface area contributed by atoms with E-state index in [-0.39, 0.29) is 0 Å². The van der Waals surface area contributed by atoms with E-state index in [0.717, 1.165) is 12.3 Å². The SMILES string of the molecule is C#CCC(CCC)CCC. The smallest absolute Gasteiger partial charge is 0.0114 e. The molecule has 58 valence electrons. The standard InChI is InChI=1S/C10H18/c1-4-7-10(8-5-2)9-6-3/h1,10H,5-9H2,2-3H3. The van der Waals surface area contributed by atoms with E-state index >= 15 is 0 Å². The van der Waals surface area contributed by atoms with Gasteiger partial charge in [0, 0.05) is 6.42 Å². The average Bonchev–Trinajstić information content (AvgIpc) is 1.90. The second kappa shape index (κ2) is 6.68. The zero-order valence-electron chi connectivity index (χ0n) is 7.19. The molecule has 0 heterocycles. The van der Waals surface area contributed by atoms with Gasteiger partial charge in [0.2, 0.25) is 0 Å². The van der Waals surface area contributed by atoms with Crippen LogP contribution in [0.2, 0.25) is 0 Å². The van der Waals surface area contributed by atoms with E-state index in [1.807, 2.05) is 0 Å². The lowest BCUT2D eigenvalue weighted by Gasteiger charge is -2.10. The summed E-state index contributed by atoms with van der Waals surface area (Å²) in [5.41, 5.74) is 0. The van der Waals surface area contributed by atoms with Crippen LogP contribution in [-0.4, -0.2) is 0 Å². The fraction of sp³-hybridized carbons (Fsp3) is 0.800. The first-order chi connectivity index (χ1) is 4.85. The van der Waals surface area contributed by atoms with Crippen molar-refractivity contribution in [3.8, 4) is 12.3 Å². The molecule has 0 saturated heterocycles. The summed E-state index contributed by atoms with van der Waals surface area (Å²) in [6, 6.07) is 0. The molecule has 10 heavy (non-hydrogen) atoms. The van der Waals surface area contributed by atoms with Gasteiger partial charge in [-0.25, -0.2) is 0 Å². The van der Waals surface area contributed by atoms with Crippen molar-refractivity contribution in [1.82, 2.24) is 0 Å². The molecule has 0 N–H and O–H groups in total. The van der Waals surface area contributed by atoms with E-state index in [1.165, 1.54) is 25.7 Å². The summed E-state index contributed by atoms with van der Waals surface area (Å²) >= 11 is 0. The van der Waals surface area contributed by atoms with Crippen LogP contribution in [0.5, 0.6) is 0 Å². The van der Waals surface area contributed by atoms with E-state index < -0.39 is 0 Å². The molecule has 0 aromatic carbocycles. The van der Waals surface area contributed by atoms with Gasteiger partial charge in [0.15, 0.2) is 0 Å². The predicted octanol–water partition coefficient (Wildman–Crippen LogP) is 3.23. The lowest BCUT2D eigenvalue weighted by Crippen LogP contribution is -1.97. The van der Waals surface area contributed by atoms with E-state index in [2.05, 4.69) is 19.8 Å². The van der Waals surface area contributed by atoms with Gasteiger partial charge in [-0.1, -0.05) is 26.7 Å². The second-order valence-corrected chi connectivity index (χ2v) is 2.85. The Balaban J connectivity index is 3.42. The van der Waals surface area contributed by atoms with Crippen LogP contribution in [0, 0.1) is 18.3 Å². The number of hydrogen-bond donors (Lipinski definition) is 0. The van der Waals surface area contributed by atoms with Crippen molar-refractivity contribution < 1.29 is 0 Å². The van der Waals surface area contributed by atoms with Crippen LogP contribution in [0.15, 0.2) is 0 Å². The van der Waals surface area contributed by atoms with Crippen molar-refractivity contribution in [1.29, 1.82) is 0 Å². The minimum Gasteiger partial charge on any atom is -0.120 e. The Morgan fingerprint density at radius 1 is 1.20 bits per heavy atom. The highest BCUT2D eigenvalue weighted by Gasteiger charge is 2.02. The van der Waals surface area contributed by atoms with Gasteiger partial charge in [0.1, 0.15) is 0 Å². The molecular formula is C10H18. The molecule has 0 heteroatoms. The maximum Gasteiger partial charge on any atom is 0.0114 e. The summed E-state index contributed by atoms with van der Waals surface area (Å²) in [4.78, 5) is 0. The van der Waals surface area contributed by atoms with Gasteiger partial charge >= 0.3 is 0 Å². The first-order valence-corrected chi connectivity index (χ1v) is 4.28. The highest BCUT2D eigenvalue weighted by molar-refractivity contribution is 4.86. The molecule has 0 aromatic heterocycles. The third kappa shape index (κ3) is 4.44. The fourth-order valence-corrected chi connectivity index (χ4v) is 1.33. The highest BCUT2D eigenvalue weighted by atomic mass is 14.1. The van der Waals surface area contributed by atoms with Crippen molar-refractivity contribution in [2.45, 2.75) is 46.0 Å². The maximum absolute atomic E-state index is 5.24. The van der Waals surface area contributed by atoms with E-state index in [0.29, 0.717) is 0 Å².